The van der Waals surface area contributed by atoms with Gasteiger partial charge in [0.2, 0.25) is 10.0 Å². The van der Waals surface area contributed by atoms with Gasteiger partial charge >= 0.3 is 0 Å². The summed E-state index contributed by atoms with van der Waals surface area (Å²) in [5.74, 6) is 0.165. The highest BCUT2D eigenvalue weighted by molar-refractivity contribution is 7.89. The molecule has 2 fully saturated rings. The highest BCUT2D eigenvalue weighted by atomic mass is 32.2. The average molecular weight is 417 g/mol. The lowest BCUT2D eigenvalue weighted by Gasteiger charge is -2.36. The molecule has 2 aromatic rings. The maximum absolute atomic E-state index is 12.9. The van der Waals surface area contributed by atoms with Crippen LogP contribution >= 0.6 is 0 Å². The van der Waals surface area contributed by atoms with Crippen LogP contribution in [0.2, 0.25) is 0 Å². The van der Waals surface area contributed by atoms with Crippen molar-refractivity contribution in [2.45, 2.75) is 46.5 Å². The smallest absolute Gasteiger partial charge is 0.212 e. The van der Waals surface area contributed by atoms with E-state index in [-0.39, 0.29) is 35.2 Å². The number of rotatable bonds is 7. The van der Waals surface area contributed by atoms with Crippen molar-refractivity contribution in [2.75, 3.05) is 12.3 Å². The number of para-hydroxylation sites is 1. The van der Waals surface area contributed by atoms with E-state index in [1.807, 2.05) is 38.1 Å². The van der Waals surface area contributed by atoms with E-state index >= 15 is 0 Å². The Balaban J connectivity index is 1.50. The molecule has 0 spiro atoms. The van der Waals surface area contributed by atoms with Crippen molar-refractivity contribution < 1.29 is 18.0 Å². The largest absolute Gasteiger partial charge is 0.352 e. The van der Waals surface area contributed by atoms with E-state index in [0.29, 0.717) is 25.0 Å². The Labute approximate surface area is 171 Å². The first-order valence-electron chi connectivity index (χ1n) is 10.2. The number of hydrogen-bond acceptors (Lipinski definition) is 4. The number of nitrogens with one attached hydrogen (secondary N) is 2. The van der Waals surface area contributed by atoms with E-state index in [4.69, 9.17) is 0 Å². The summed E-state index contributed by atoms with van der Waals surface area (Å²) < 4.78 is 28.4. The number of carbonyl (C=O) groups is 2. The van der Waals surface area contributed by atoms with Gasteiger partial charge in [0.25, 0.3) is 0 Å². The SMILES string of the molecule is CC(=O)c1[nH]c2ccccc2c1CCNS(=O)(=O)C[C@]12CC[C@H](CC1=O)C2(C)C. The molecule has 2 N–H and O–H groups in total. The molecule has 2 bridgehead atoms. The molecule has 156 valence electrons. The molecule has 0 saturated heterocycles. The van der Waals surface area contributed by atoms with E-state index in [1.165, 1.54) is 6.92 Å². The molecule has 0 amide bonds. The molecule has 2 atom stereocenters. The highest BCUT2D eigenvalue weighted by Crippen LogP contribution is 2.64. The number of sulfonamides is 1. The van der Waals surface area contributed by atoms with Gasteiger partial charge < -0.3 is 4.98 Å². The summed E-state index contributed by atoms with van der Waals surface area (Å²) in [4.78, 5) is 27.8. The number of ketones is 2. The maximum Gasteiger partial charge on any atom is 0.212 e. The van der Waals surface area contributed by atoms with Gasteiger partial charge in [-0.05, 0) is 42.2 Å². The second-order valence-corrected chi connectivity index (χ2v) is 11.0. The first-order chi connectivity index (χ1) is 13.6. The Morgan fingerprint density at radius 3 is 2.62 bits per heavy atom. The van der Waals surface area contributed by atoms with Crippen molar-refractivity contribution in [3.05, 3.63) is 35.5 Å². The van der Waals surface area contributed by atoms with Gasteiger partial charge in [-0.3, -0.25) is 9.59 Å². The van der Waals surface area contributed by atoms with Crippen LogP contribution in [-0.4, -0.2) is 37.3 Å². The molecule has 1 heterocycles. The monoisotopic (exact) mass is 416 g/mol. The maximum atomic E-state index is 12.9. The van der Waals surface area contributed by atoms with Crippen LogP contribution in [0.1, 0.15) is 56.1 Å². The van der Waals surface area contributed by atoms with Crippen LogP contribution in [0.3, 0.4) is 0 Å². The minimum atomic E-state index is -3.62. The third-order valence-corrected chi connectivity index (χ3v) is 8.96. The zero-order valence-corrected chi connectivity index (χ0v) is 18.0. The molecule has 6 nitrogen and oxygen atoms in total. The van der Waals surface area contributed by atoms with Crippen molar-refractivity contribution >= 4 is 32.5 Å². The molecule has 2 aliphatic carbocycles. The molecule has 1 aromatic carbocycles. The van der Waals surface area contributed by atoms with Crippen LogP contribution in [0.5, 0.6) is 0 Å². The van der Waals surface area contributed by atoms with E-state index in [9.17, 15) is 18.0 Å². The Kier molecular flexibility index (Phi) is 4.74. The number of hydrogen-bond donors (Lipinski definition) is 2. The molecule has 4 rings (SSSR count). The summed E-state index contributed by atoms with van der Waals surface area (Å²) in [6, 6.07) is 7.62. The predicted octanol–water partition coefficient (Wildman–Crippen LogP) is 3.23. The molecule has 0 aliphatic heterocycles. The number of H-pyrrole nitrogens is 1. The predicted molar refractivity (Wildman–Crippen MR) is 112 cm³/mol. The molecule has 7 heteroatoms. The number of aromatic amines is 1. The molecule has 29 heavy (non-hydrogen) atoms. The standard InChI is InChI=1S/C22H28N2O4S/c1-14(25)20-17(16-6-4-5-7-18(16)24-20)9-11-23-29(27,28)13-22-10-8-15(12-19(22)26)21(22,2)3/h4-7,15,23-24H,8-13H2,1-3H3/t15-,22-/m1/s1. The lowest BCUT2D eigenvalue weighted by atomic mass is 9.70. The normalized spacial score (nSPS) is 25.8. The van der Waals surface area contributed by atoms with Crippen LogP contribution in [0.4, 0.5) is 0 Å². The Bertz CT molecular complexity index is 1100. The first kappa shape index (κ1) is 20.3. The minimum Gasteiger partial charge on any atom is -0.352 e. The van der Waals surface area contributed by atoms with Gasteiger partial charge in [0.05, 0.1) is 11.4 Å². The van der Waals surface area contributed by atoms with Gasteiger partial charge in [0.1, 0.15) is 5.78 Å². The third kappa shape index (κ3) is 3.15. The quantitative estimate of drug-likeness (QED) is 0.677. The summed E-state index contributed by atoms with van der Waals surface area (Å²) in [6.07, 6.45) is 2.48. The summed E-state index contributed by atoms with van der Waals surface area (Å²) in [5, 5.41) is 0.932. The van der Waals surface area contributed by atoms with Gasteiger partial charge in [-0.1, -0.05) is 32.0 Å². The van der Waals surface area contributed by atoms with Crippen molar-refractivity contribution in [3.63, 3.8) is 0 Å². The molecular formula is C22H28N2O4S. The summed E-state index contributed by atoms with van der Waals surface area (Å²) in [6.45, 7) is 5.77. The Morgan fingerprint density at radius 1 is 1.28 bits per heavy atom. The fourth-order valence-electron chi connectivity index (χ4n) is 5.58. The van der Waals surface area contributed by atoms with Gasteiger partial charge in [0, 0.05) is 36.2 Å². The van der Waals surface area contributed by atoms with Gasteiger partial charge in [-0.25, -0.2) is 13.1 Å². The van der Waals surface area contributed by atoms with Crippen LogP contribution in [0.25, 0.3) is 10.9 Å². The third-order valence-electron chi connectivity index (χ3n) is 7.44. The second-order valence-electron chi connectivity index (χ2n) is 9.15. The van der Waals surface area contributed by atoms with Crippen molar-refractivity contribution in [3.8, 4) is 0 Å². The van der Waals surface area contributed by atoms with Crippen LogP contribution in [0, 0.1) is 16.7 Å². The van der Waals surface area contributed by atoms with E-state index in [1.54, 1.807) is 0 Å². The van der Waals surface area contributed by atoms with Crippen molar-refractivity contribution in [2.24, 2.45) is 16.7 Å². The molecule has 1 aromatic heterocycles. The topological polar surface area (TPSA) is 96.1 Å². The first-order valence-corrected chi connectivity index (χ1v) is 11.8. The minimum absolute atomic E-state index is 0.0757. The molecule has 2 aliphatic rings. The van der Waals surface area contributed by atoms with E-state index in [2.05, 4.69) is 9.71 Å². The summed E-state index contributed by atoms with van der Waals surface area (Å²) in [5.41, 5.74) is 1.17. The molecular weight excluding hydrogens is 388 g/mol. The van der Waals surface area contributed by atoms with Crippen LogP contribution < -0.4 is 4.72 Å². The number of benzene rings is 1. The van der Waals surface area contributed by atoms with Gasteiger partial charge in [-0.15, -0.1) is 0 Å². The summed E-state index contributed by atoms with van der Waals surface area (Å²) >= 11 is 0. The van der Waals surface area contributed by atoms with Crippen LogP contribution in [0.15, 0.2) is 24.3 Å². The zero-order chi connectivity index (χ0) is 21.0. The summed E-state index contributed by atoms with van der Waals surface area (Å²) in [7, 11) is -3.62. The highest BCUT2D eigenvalue weighted by Gasteiger charge is 2.65. The fourth-order valence-corrected chi connectivity index (χ4v) is 7.42. The lowest BCUT2D eigenvalue weighted by Crippen LogP contribution is -2.45. The van der Waals surface area contributed by atoms with E-state index < -0.39 is 15.4 Å². The Hall–Kier alpha value is -1.99. The number of Topliss-reactive ketones (excluding diaryl/α,β-unsaturated/α-hetero) is 2. The lowest BCUT2D eigenvalue weighted by molar-refractivity contribution is -0.128. The molecule has 0 radical (unpaired) electrons. The fraction of sp³-hybridized carbons (Fsp3) is 0.545. The average Bonchev–Trinajstić information content (AvgIpc) is 3.18. The molecule has 0 unspecified atom stereocenters. The second kappa shape index (κ2) is 6.77. The van der Waals surface area contributed by atoms with Gasteiger partial charge in [-0.2, -0.15) is 0 Å². The number of aromatic nitrogens is 1. The van der Waals surface area contributed by atoms with Crippen LogP contribution in [-0.2, 0) is 21.2 Å². The Morgan fingerprint density at radius 2 is 2.00 bits per heavy atom. The van der Waals surface area contributed by atoms with Gasteiger partial charge in [0.15, 0.2) is 5.78 Å². The van der Waals surface area contributed by atoms with Crippen molar-refractivity contribution in [1.29, 1.82) is 0 Å². The van der Waals surface area contributed by atoms with E-state index in [0.717, 1.165) is 22.9 Å². The number of fused-ring (bicyclic) bond motifs is 3. The van der Waals surface area contributed by atoms with Crippen molar-refractivity contribution in [1.82, 2.24) is 9.71 Å². The zero-order valence-electron chi connectivity index (χ0n) is 17.2. The number of carbonyl (C=O) groups excluding carboxylic acids is 2. The molecule has 2 saturated carbocycles.